The molecule has 0 saturated carbocycles. The molecular weight excluding hydrogens is 274 g/mol. The van der Waals surface area contributed by atoms with Crippen LogP contribution in [0.2, 0.25) is 0 Å². The molecule has 6 nitrogen and oxygen atoms in total. The number of carboxylic acids is 1. The van der Waals surface area contributed by atoms with Crippen molar-refractivity contribution >= 4 is 17.7 Å². The molecule has 2 amide bonds. The fraction of sp³-hybridized carbons (Fsp3) is 0.333. The Balaban J connectivity index is 2.13. The van der Waals surface area contributed by atoms with Crippen molar-refractivity contribution < 1.29 is 28.6 Å². The fourth-order valence-electron chi connectivity index (χ4n) is 2.09. The highest BCUT2D eigenvalue weighted by Crippen LogP contribution is 2.20. The summed E-state index contributed by atoms with van der Waals surface area (Å²) in [6.07, 6.45) is -1.02. The van der Waals surface area contributed by atoms with Crippen LogP contribution in [-0.4, -0.2) is 45.8 Å². The Kier molecular flexibility index (Phi) is 3.84. The van der Waals surface area contributed by atoms with Crippen LogP contribution in [0.15, 0.2) is 18.2 Å². The molecule has 0 unspecified atom stereocenters. The van der Waals surface area contributed by atoms with Crippen LogP contribution in [0.25, 0.3) is 0 Å². The number of amides is 2. The number of hydrogen-bond acceptors (Lipinski definition) is 3. The number of nitrogens with zero attached hydrogens (tertiary/aromatic N) is 1. The third-order valence-electron chi connectivity index (χ3n) is 2.94. The number of anilines is 1. The predicted octanol–water partition coefficient (Wildman–Crippen LogP) is 1.02. The van der Waals surface area contributed by atoms with Crippen molar-refractivity contribution in [3.8, 4) is 0 Å². The molecular formula is C12H12F2N2O4. The van der Waals surface area contributed by atoms with Crippen LogP contribution in [0.3, 0.4) is 0 Å². The number of urea groups is 1. The number of halogens is 2. The van der Waals surface area contributed by atoms with E-state index < -0.39 is 35.8 Å². The fourth-order valence-corrected chi connectivity index (χ4v) is 2.09. The zero-order chi connectivity index (χ0) is 14.9. The van der Waals surface area contributed by atoms with E-state index in [4.69, 9.17) is 5.11 Å². The largest absolute Gasteiger partial charge is 0.480 e. The van der Waals surface area contributed by atoms with Gasteiger partial charge in [0.05, 0.1) is 6.10 Å². The molecule has 0 radical (unpaired) electrons. The number of β-amino-alcohol motifs (C(OH)–C–C–N with tert-alkyl or cyclic N) is 1. The number of nitrogens with one attached hydrogen (secondary N) is 1. The van der Waals surface area contributed by atoms with E-state index in [0.29, 0.717) is 6.07 Å². The van der Waals surface area contributed by atoms with Gasteiger partial charge in [0, 0.05) is 24.7 Å². The quantitative estimate of drug-likeness (QED) is 0.757. The molecule has 1 saturated heterocycles. The van der Waals surface area contributed by atoms with Crippen molar-refractivity contribution in [2.45, 2.75) is 18.6 Å². The summed E-state index contributed by atoms with van der Waals surface area (Å²) in [6.45, 7) is -0.152. The first kappa shape index (κ1) is 14.2. The van der Waals surface area contributed by atoms with Crippen LogP contribution in [-0.2, 0) is 4.79 Å². The Labute approximate surface area is 112 Å². The first-order valence-corrected chi connectivity index (χ1v) is 5.81. The molecule has 108 valence electrons. The third-order valence-corrected chi connectivity index (χ3v) is 2.94. The molecule has 2 rings (SSSR count). The first-order valence-electron chi connectivity index (χ1n) is 5.81. The number of aliphatic hydroxyl groups is 1. The number of likely N-dealkylation sites (tertiary alicyclic amines) is 1. The zero-order valence-electron chi connectivity index (χ0n) is 10.2. The Bertz CT molecular complexity index is 532. The summed E-state index contributed by atoms with van der Waals surface area (Å²) in [5.74, 6) is -2.98. The highest BCUT2D eigenvalue weighted by Gasteiger charge is 2.39. The van der Waals surface area contributed by atoms with Crippen molar-refractivity contribution in [1.82, 2.24) is 4.90 Å². The molecule has 0 bridgehead atoms. The number of hydrogen-bond donors (Lipinski definition) is 3. The minimum atomic E-state index is -1.25. The van der Waals surface area contributed by atoms with Crippen LogP contribution in [0.5, 0.6) is 0 Å². The van der Waals surface area contributed by atoms with Gasteiger partial charge < -0.3 is 20.4 Å². The molecule has 2 atom stereocenters. The predicted molar refractivity (Wildman–Crippen MR) is 64.1 cm³/mol. The minimum absolute atomic E-state index is 0.0831. The molecule has 1 aromatic carbocycles. The number of benzene rings is 1. The number of carbonyl (C=O) groups is 2. The van der Waals surface area contributed by atoms with Crippen LogP contribution in [0, 0.1) is 11.6 Å². The van der Waals surface area contributed by atoms with Gasteiger partial charge in [0.2, 0.25) is 0 Å². The molecule has 20 heavy (non-hydrogen) atoms. The first-order chi connectivity index (χ1) is 9.36. The summed E-state index contributed by atoms with van der Waals surface area (Å²) < 4.78 is 26.0. The topological polar surface area (TPSA) is 89.9 Å². The minimum Gasteiger partial charge on any atom is -0.480 e. The van der Waals surface area contributed by atoms with Gasteiger partial charge in [0.1, 0.15) is 17.7 Å². The maximum Gasteiger partial charge on any atom is 0.326 e. The summed E-state index contributed by atoms with van der Waals surface area (Å²) in [5.41, 5.74) is -0.127. The van der Waals surface area contributed by atoms with Crippen LogP contribution >= 0.6 is 0 Å². The van der Waals surface area contributed by atoms with Crippen molar-refractivity contribution in [2.75, 3.05) is 11.9 Å². The monoisotopic (exact) mass is 286 g/mol. The molecule has 1 aromatic rings. The maximum atomic E-state index is 13.0. The van der Waals surface area contributed by atoms with Gasteiger partial charge >= 0.3 is 12.0 Å². The van der Waals surface area contributed by atoms with E-state index >= 15 is 0 Å². The molecule has 0 spiro atoms. The molecule has 1 aliphatic rings. The molecule has 1 aliphatic heterocycles. The number of aliphatic hydroxyl groups excluding tert-OH is 1. The van der Waals surface area contributed by atoms with E-state index in [1.165, 1.54) is 0 Å². The van der Waals surface area contributed by atoms with E-state index in [1.54, 1.807) is 0 Å². The van der Waals surface area contributed by atoms with Crippen LogP contribution in [0.1, 0.15) is 6.42 Å². The summed E-state index contributed by atoms with van der Waals surface area (Å²) >= 11 is 0. The van der Waals surface area contributed by atoms with E-state index in [0.717, 1.165) is 17.0 Å². The van der Waals surface area contributed by atoms with Crippen molar-refractivity contribution in [3.05, 3.63) is 29.8 Å². The molecule has 3 N–H and O–H groups in total. The molecule has 1 fully saturated rings. The molecule has 8 heteroatoms. The summed E-state index contributed by atoms with van der Waals surface area (Å²) in [4.78, 5) is 23.8. The lowest BCUT2D eigenvalue weighted by Crippen LogP contribution is -2.43. The van der Waals surface area contributed by atoms with Gasteiger partial charge in [-0.2, -0.15) is 0 Å². The Morgan fingerprint density at radius 1 is 1.25 bits per heavy atom. The van der Waals surface area contributed by atoms with Crippen molar-refractivity contribution in [2.24, 2.45) is 0 Å². The molecule has 0 aromatic heterocycles. The van der Waals surface area contributed by atoms with E-state index in [-0.39, 0.29) is 18.7 Å². The van der Waals surface area contributed by atoms with E-state index in [1.807, 2.05) is 0 Å². The Hall–Kier alpha value is -2.22. The van der Waals surface area contributed by atoms with Gasteiger partial charge in [-0.05, 0) is 12.1 Å². The SMILES string of the molecule is O=C(O)[C@@H]1C[C@@H](O)CN1C(=O)Nc1cc(F)cc(F)c1. The highest BCUT2D eigenvalue weighted by molar-refractivity contribution is 5.92. The molecule has 0 aliphatic carbocycles. The number of aliphatic carboxylic acids is 1. The Morgan fingerprint density at radius 3 is 2.40 bits per heavy atom. The average molecular weight is 286 g/mol. The maximum absolute atomic E-state index is 13.0. The second-order valence-corrected chi connectivity index (χ2v) is 4.48. The van der Waals surface area contributed by atoms with E-state index in [9.17, 15) is 23.5 Å². The summed E-state index contributed by atoms with van der Waals surface area (Å²) in [7, 11) is 0. The van der Waals surface area contributed by atoms with Gasteiger partial charge in [-0.15, -0.1) is 0 Å². The molecule has 1 heterocycles. The lowest BCUT2D eigenvalue weighted by atomic mass is 10.2. The van der Waals surface area contributed by atoms with Gasteiger partial charge in [0.25, 0.3) is 0 Å². The number of rotatable bonds is 2. The number of carbonyl (C=O) groups excluding carboxylic acids is 1. The van der Waals surface area contributed by atoms with Crippen molar-refractivity contribution in [1.29, 1.82) is 0 Å². The van der Waals surface area contributed by atoms with Gasteiger partial charge in [-0.25, -0.2) is 18.4 Å². The standard InChI is InChI=1S/C12H12F2N2O4/c13-6-1-7(14)3-8(2-6)15-12(20)16-5-9(17)4-10(16)11(18)19/h1-3,9-10,17H,4-5H2,(H,15,20)(H,18,19)/t9-,10+/m1/s1. The summed E-state index contributed by atoms with van der Waals surface area (Å²) in [5, 5.41) is 20.6. The highest BCUT2D eigenvalue weighted by atomic mass is 19.1. The van der Waals surface area contributed by atoms with Crippen LogP contribution in [0.4, 0.5) is 19.3 Å². The van der Waals surface area contributed by atoms with Crippen LogP contribution < -0.4 is 5.32 Å². The van der Waals surface area contributed by atoms with Gasteiger partial charge in [0.15, 0.2) is 0 Å². The van der Waals surface area contributed by atoms with Gasteiger partial charge in [-0.3, -0.25) is 0 Å². The normalized spacial score (nSPS) is 21.9. The van der Waals surface area contributed by atoms with Crippen molar-refractivity contribution in [3.63, 3.8) is 0 Å². The zero-order valence-corrected chi connectivity index (χ0v) is 10.2. The third kappa shape index (κ3) is 3.02. The lowest BCUT2D eigenvalue weighted by molar-refractivity contribution is -0.141. The second kappa shape index (κ2) is 5.41. The summed E-state index contributed by atoms with van der Waals surface area (Å²) in [6, 6.07) is 0.462. The van der Waals surface area contributed by atoms with E-state index in [2.05, 4.69) is 5.32 Å². The number of carboxylic acid groups (broad SMARTS) is 1. The van der Waals surface area contributed by atoms with Gasteiger partial charge in [-0.1, -0.05) is 0 Å². The Morgan fingerprint density at radius 2 is 1.85 bits per heavy atom. The lowest BCUT2D eigenvalue weighted by Gasteiger charge is -2.21. The smallest absolute Gasteiger partial charge is 0.326 e. The second-order valence-electron chi connectivity index (χ2n) is 4.48. The average Bonchev–Trinajstić information content (AvgIpc) is 2.70.